The molecule has 1 aliphatic heterocycles. The number of rotatable bonds is 5. The third-order valence-electron chi connectivity index (χ3n) is 5.45. The maximum atomic E-state index is 14.3. The number of halogens is 1. The van der Waals surface area contributed by atoms with Crippen LogP contribution in [0.5, 0.6) is 0 Å². The fraction of sp³-hybridized carbons (Fsp3) is 0.600. The van der Waals surface area contributed by atoms with E-state index < -0.39 is 23.5 Å². The van der Waals surface area contributed by atoms with Crippen molar-refractivity contribution in [3.05, 3.63) is 35.6 Å². The smallest absolute Gasteiger partial charge is 0.259 e. The predicted octanol–water partition coefficient (Wildman–Crippen LogP) is 0.588. The minimum atomic E-state index is -0.799. The van der Waals surface area contributed by atoms with Crippen LogP contribution in [0.4, 0.5) is 4.39 Å². The van der Waals surface area contributed by atoms with Crippen LogP contribution in [0.3, 0.4) is 0 Å². The lowest BCUT2D eigenvalue weighted by Crippen LogP contribution is -3.06. The first-order chi connectivity index (χ1) is 12.9. The highest BCUT2D eigenvalue weighted by molar-refractivity contribution is 5.98. The fourth-order valence-corrected chi connectivity index (χ4v) is 3.99. The molecule has 2 N–H and O–H groups in total. The van der Waals surface area contributed by atoms with Crippen LogP contribution in [0, 0.1) is 5.82 Å². The molecule has 148 valence electrons. The van der Waals surface area contributed by atoms with Gasteiger partial charge < -0.3 is 15.0 Å². The zero-order valence-electron chi connectivity index (χ0n) is 16.1. The van der Waals surface area contributed by atoms with Gasteiger partial charge in [0.2, 0.25) is 5.91 Å². The summed E-state index contributed by atoms with van der Waals surface area (Å²) in [6, 6.07) is 5.20. The minimum Gasteiger partial charge on any atom is -0.353 e. The van der Waals surface area contributed by atoms with E-state index in [1.54, 1.807) is 12.1 Å². The SMILES string of the molecule is C[NH+](C)CCNC(=O)[C@@H]1COC2(CCCCC2)N1C(=O)c1ccccc1F. The molecule has 1 spiro atoms. The van der Waals surface area contributed by atoms with Crippen molar-refractivity contribution in [3.8, 4) is 0 Å². The Labute approximate surface area is 159 Å². The molecule has 2 fully saturated rings. The van der Waals surface area contributed by atoms with Crippen molar-refractivity contribution in [3.63, 3.8) is 0 Å². The number of quaternary nitrogens is 1. The number of hydrogen-bond acceptors (Lipinski definition) is 3. The van der Waals surface area contributed by atoms with Gasteiger partial charge in [-0.3, -0.25) is 14.5 Å². The van der Waals surface area contributed by atoms with Crippen LogP contribution in [-0.4, -0.2) is 62.3 Å². The molecule has 1 atom stereocenters. The first-order valence-corrected chi connectivity index (χ1v) is 9.73. The molecule has 1 aromatic rings. The van der Waals surface area contributed by atoms with Crippen LogP contribution >= 0.6 is 0 Å². The first-order valence-electron chi connectivity index (χ1n) is 9.73. The van der Waals surface area contributed by atoms with Crippen molar-refractivity contribution < 1.29 is 23.6 Å². The third-order valence-corrected chi connectivity index (χ3v) is 5.45. The molecule has 0 radical (unpaired) electrons. The molecule has 6 nitrogen and oxygen atoms in total. The summed E-state index contributed by atoms with van der Waals surface area (Å²) in [6.07, 6.45) is 4.30. The van der Waals surface area contributed by atoms with Crippen LogP contribution in [0.2, 0.25) is 0 Å². The second-order valence-corrected chi connectivity index (χ2v) is 7.74. The fourth-order valence-electron chi connectivity index (χ4n) is 3.99. The van der Waals surface area contributed by atoms with E-state index in [9.17, 15) is 14.0 Å². The van der Waals surface area contributed by atoms with Crippen LogP contribution in [0.15, 0.2) is 24.3 Å². The Hall–Kier alpha value is -1.99. The summed E-state index contributed by atoms with van der Waals surface area (Å²) in [6.45, 7) is 1.46. The Morgan fingerprint density at radius 2 is 1.96 bits per heavy atom. The lowest BCUT2D eigenvalue weighted by Gasteiger charge is -2.41. The number of nitrogens with one attached hydrogen (secondary N) is 2. The second-order valence-electron chi connectivity index (χ2n) is 7.74. The maximum absolute atomic E-state index is 14.3. The standard InChI is InChI=1S/C20H28FN3O3/c1-23(2)13-12-22-18(25)17-14-27-20(10-6-3-7-11-20)24(17)19(26)15-8-4-5-9-16(15)21/h4-5,8-9,17H,3,6-7,10-14H2,1-2H3,(H,22,25)/p+1/t17-/m0/s1. The number of ether oxygens (including phenoxy) is 1. The maximum Gasteiger partial charge on any atom is 0.259 e. The Balaban J connectivity index is 1.85. The summed E-state index contributed by atoms with van der Waals surface area (Å²) in [5.74, 6) is -1.27. The van der Waals surface area contributed by atoms with Gasteiger partial charge in [0.05, 0.1) is 39.4 Å². The van der Waals surface area contributed by atoms with Crippen LogP contribution < -0.4 is 10.2 Å². The molecule has 3 rings (SSSR count). The van der Waals surface area contributed by atoms with Gasteiger partial charge in [-0.15, -0.1) is 0 Å². The van der Waals surface area contributed by atoms with Gasteiger partial charge >= 0.3 is 0 Å². The summed E-state index contributed by atoms with van der Waals surface area (Å²) in [5, 5.41) is 2.90. The third kappa shape index (κ3) is 4.14. The molecule has 1 saturated carbocycles. The van der Waals surface area contributed by atoms with Crippen molar-refractivity contribution >= 4 is 11.8 Å². The summed E-state index contributed by atoms with van der Waals surface area (Å²) in [5.41, 5.74) is -0.810. The summed E-state index contributed by atoms with van der Waals surface area (Å²) < 4.78 is 20.3. The van der Waals surface area contributed by atoms with E-state index in [1.165, 1.54) is 21.9 Å². The average Bonchev–Trinajstić information content (AvgIpc) is 3.00. The monoisotopic (exact) mass is 378 g/mol. The summed E-state index contributed by atoms with van der Waals surface area (Å²) in [4.78, 5) is 28.8. The molecule has 2 aliphatic rings. The molecule has 1 saturated heterocycles. The Bertz CT molecular complexity index is 689. The number of amides is 2. The largest absolute Gasteiger partial charge is 0.353 e. The number of hydrogen-bond donors (Lipinski definition) is 2. The predicted molar refractivity (Wildman–Crippen MR) is 98.8 cm³/mol. The van der Waals surface area contributed by atoms with Crippen LogP contribution in [-0.2, 0) is 9.53 Å². The Morgan fingerprint density at radius 1 is 1.26 bits per heavy atom. The van der Waals surface area contributed by atoms with E-state index in [2.05, 4.69) is 5.32 Å². The Kier molecular flexibility index (Phi) is 6.11. The minimum absolute atomic E-state index is 0.0107. The molecule has 0 unspecified atom stereocenters. The van der Waals surface area contributed by atoms with Gasteiger partial charge in [0.25, 0.3) is 5.91 Å². The zero-order valence-corrected chi connectivity index (χ0v) is 16.1. The van der Waals surface area contributed by atoms with Gasteiger partial charge in [-0.25, -0.2) is 4.39 Å². The topological polar surface area (TPSA) is 63.1 Å². The average molecular weight is 378 g/mol. The number of likely N-dealkylation sites (N-methyl/N-ethyl adjacent to an activating group) is 1. The number of benzene rings is 1. The van der Waals surface area contributed by atoms with E-state index in [0.717, 1.165) is 25.8 Å². The van der Waals surface area contributed by atoms with E-state index in [1.807, 2.05) is 14.1 Å². The molecular weight excluding hydrogens is 349 g/mol. The lowest BCUT2D eigenvalue weighted by molar-refractivity contribution is -0.856. The molecule has 27 heavy (non-hydrogen) atoms. The van der Waals surface area contributed by atoms with Crippen molar-refractivity contribution in [1.29, 1.82) is 0 Å². The molecule has 1 aliphatic carbocycles. The summed E-state index contributed by atoms with van der Waals surface area (Å²) >= 11 is 0. The van der Waals surface area contributed by atoms with Crippen molar-refractivity contribution in [2.45, 2.75) is 43.9 Å². The highest BCUT2D eigenvalue weighted by Gasteiger charge is 2.53. The van der Waals surface area contributed by atoms with Crippen molar-refractivity contribution in [2.75, 3.05) is 33.8 Å². The van der Waals surface area contributed by atoms with Gasteiger partial charge in [-0.2, -0.15) is 0 Å². The van der Waals surface area contributed by atoms with Crippen molar-refractivity contribution in [2.24, 2.45) is 0 Å². The molecule has 0 aromatic heterocycles. The molecule has 1 heterocycles. The number of nitrogens with zero attached hydrogens (tertiary/aromatic N) is 1. The van der Waals surface area contributed by atoms with E-state index >= 15 is 0 Å². The quantitative estimate of drug-likeness (QED) is 0.788. The molecule has 2 amide bonds. The highest BCUT2D eigenvalue weighted by Crippen LogP contribution is 2.41. The normalized spacial score (nSPS) is 21.6. The van der Waals surface area contributed by atoms with Crippen LogP contribution in [0.1, 0.15) is 42.5 Å². The molecule has 0 bridgehead atoms. The van der Waals surface area contributed by atoms with E-state index in [4.69, 9.17) is 4.74 Å². The number of carbonyl (C=O) groups excluding carboxylic acids is 2. The van der Waals surface area contributed by atoms with Gasteiger partial charge in [0.15, 0.2) is 0 Å². The Morgan fingerprint density at radius 3 is 2.63 bits per heavy atom. The highest BCUT2D eigenvalue weighted by atomic mass is 19.1. The molecule has 1 aromatic carbocycles. The van der Waals surface area contributed by atoms with E-state index in [-0.39, 0.29) is 18.1 Å². The van der Waals surface area contributed by atoms with Gasteiger partial charge in [0, 0.05) is 0 Å². The lowest BCUT2D eigenvalue weighted by atomic mass is 9.89. The van der Waals surface area contributed by atoms with Crippen LogP contribution in [0.25, 0.3) is 0 Å². The summed E-state index contributed by atoms with van der Waals surface area (Å²) in [7, 11) is 4.02. The second kappa shape index (κ2) is 8.35. The van der Waals surface area contributed by atoms with Gasteiger partial charge in [0.1, 0.15) is 17.6 Å². The number of carbonyl (C=O) groups is 2. The van der Waals surface area contributed by atoms with Gasteiger partial charge in [-0.1, -0.05) is 18.6 Å². The van der Waals surface area contributed by atoms with E-state index in [0.29, 0.717) is 19.4 Å². The first kappa shape index (κ1) is 19.8. The molecular formula is C20H29FN3O3+. The van der Waals surface area contributed by atoms with Crippen molar-refractivity contribution in [1.82, 2.24) is 10.2 Å². The molecule has 7 heteroatoms. The zero-order chi connectivity index (χ0) is 19.4. The van der Waals surface area contributed by atoms with Gasteiger partial charge in [-0.05, 0) is 37.8 Å².